The maximum Gasteiger partial charge on any atom is 0.227 e. The summed E-state index contributed by atoms with van der Waals surface area (Å²) in [6, 6.07) is 13.9. The van der Waals surface area contributed by atoms with Crippen LogP contribution in [0.2, 0.25) is 10.0 Å². The molecule has 0 atom stereocenters. The molecule has 0 radical (unpaired) electrons. The Bertz CT molecular complexity index is 926. The van der Waals surface area contributed by atoms with Crippen LogP contribution in [-0.4, -0.2) is 31.7 Å². The fraction of sp³-hybridized carbons (Fsp3) is 0.316. The van der Waals surface area contributed by atoms with E-state index in [1.807, 2.05) is 0 Å². The fourth-order valence-corrected chi connectivity index (χ4v) is 5.18. The van der Waals surface area contributed by atoms with Crippen molar-refractivity contribution >= 4 is 44.8 Å². The molecule has 3 rings (SSSR count). The molecule has 5 nitrogen and oxygen atoms in total. The van der Waals surface area contributed by atoms with Crippen molar-refractivity contribution in [2.24, 2.45) is 5.92 Å². The monoisotopic (exact) mass is 426 g/mol. The number of rotatable bonds is 5. The summed E-state index contributed by atoms with van der Waals surface area (Å²) in [5.41, 5.74) is 1.22. The Morgan fingerprint density at radius 3 is 2.44 bits per heavy atom. The van der Waals surface area contributed by atoms with E-state index >= 15 is 0 Å². The molecule has 1 fully saturated rings. The second-order valence-corrected chi connectivity index (χ2v) is 9.33. The number of carbonyl (C=O) groups is 1. The second-order valence-electron chi connectivity index (χ2n) is 6.52. The minimum absolute atomic E-state index is 0.111. The first-order valence-corrected chi connectivity index (χ1v) is 11.0. The van der Waals surface area contributed by atoms with Crippen molar-refractivity contribution in [3.8, 4) is 0 Å². The van der Waals surface area contributed by atoms with Gasteiger partial charge in [-0.2, -0.15) is 0 Å². The molecule has 1 aliphatic heterocycles. The van der Waals surface area contributed by atoms with Crippen molar-refractivity contribution in [2.75, 3.05) is 18.4 Å². The highest BCUT2D eigenvalue weighted by Gasteiger charge is 2.31. The van der Waals surface area contributed by atoms with Gasteiger partial charge in [-0.05, 0) is 42.7 Å². The third-order valence-corrected chi connectivity index (χ3v) is 7.04. The van der Waals surface area contributed by atoms with Gasteiger partial charge in [0.15, 0.2) is 0 Å². The third kappa shape index (κ3) is 5.23. The smallest absolute Gasteiger partial charge is 0.227 e. The summed E-state index contributed by atoms with van der Waals surface area (Å²) >= 11 is 12.0. The summed E-state index contributed by atoms with van der Waals surface area (Å²) in [5, 5.41) is 3.84. The van der Waals surface area contributed by atoms with Crippen LogP contribution in [0.4, 0.5) is 5.69 Å². The van der Waals surface area contributed by atoms with Crippen LogP contribution >= 0.6 is 23.2 Å². The average molecular weight is 427 g/mol. The minimum Gasteiger partial charge on any atom is -0.326 e. The van der Waals surface area contributed by atoms with Gasteiger partial charge in [0.25, 0.3) is 0 Å². The standard InChI is InChI=1S/C19H20Cl2N2O3S/c20-16-5-3-6-17(12-16)22-19(24)14-8-10-23(11-9-14)27(25,26)13-15-4-1-2-7-18(15)21/h1-7,12,14H,8-11,13H2,(H,22,24). The lowest BCUT2D eigenvalue weighted by molar-refractivity contribution is -0.120. The Morgan fingerprint density at radius 2 is 1.78 bits per heavy atom. The lowest BCUT2D eigenvalue weighted by Crippen LogP contribution is -2.41. The van der Waals surface area contributed by atoms with Crippen LogP contribution in [0.25, 0.3) is 0 Å². The maximum atomic E-state index is 12.7. The van der Waals surface area contributed by atoms with Gasteiger partial charge in [-0.1, -0.05) is 47.5 Å². The topological polar surface area (TPSA) is 66.5 Å². The highest BCUT2D eigenvalue weighted by molar-refractivity contribution is 7.88. The summed E-state index contributed by atoms with van der Waals surface area (Å²) in [5.74, 6) is -0.470. The zero-order valence-corrected chi connectivity index (χ0v) is 16.9. The van der Waals surface area contributed by atoms with Crippen LogP contribution in [0.5, 0.6) is 0 Å². The molecule has 0 bridgehead atoms. The molecule has 2 aromatic carbocycles. The van der Waals surface area contributed by atoms with Crippen molar-refractivity contribution in [1.29, 1.82) is 0 Å². The van der Waals surface area contributed by atoms with Gasteiger partial charge in [0.1, 0.15) is 0 Å². The quantitative estimate of drug-likeness (QED) is 0.779. The van der Waals surface area contributed by atoms with Crippen molar-refractivity contribution < 1.29 is 13.2 Å². The van der Waals surface area contributed by atoms with Crippen LogP contribution in [0.1, 0.15) is 18.4 Å². The summed E-state index contributed by atoms with van der Waals surface area (Å²) in [6.45, 7) is 0.640. The van der Waals surface area contributed by atoms with Crippen LogP contribution in [-0.2, 0) is 20.6 Å². The van der Waals surface area contributed by atoms with Gasteiger partial charge >= 0.3 is 0 Å². The van der Waals surface area contributed by atoms with E-state index in [4.69, 9.17) is 23.2 Å². The molecule has 27 heavy (non-hydrogen) atoms. The van der Waals surface area contributed by atoms with E-state index in [0.29, 0.717) is 47.2 Å². The van der Waals surface area contributed by atoms with E-state index in [0.717, 1.165) is 0 Å². The number of hydrogen-bond donors (Lipinski definition) is 1. The van der Waals surface area contributed by atoms with Gasteiger partial charge in [-0.3, -0.25) is 4.79 Å². The van der Waals surface area contributed by atoms with Crippen LogP contribution < -0.4 is 5.32 Å². The molecular weight excluding hydrogens is 407 g/mol. The predicted octanol–water partition coefficient (Wildman–Crippen LogP) is 4.17. The summed E-state index contributed by atoms with van der Waals surface area (Å²) < 4.78 is 26.8. The first-order valence-electron chi connectivity index (χ1n) is 8.63. The van der Waals surface area contributed by atoms with Crippen LogP contribution in [0.3, 0.4) is 0 Å². The van der Waals surface area contributed by atoms with Crippen molar-refractivity contribution in [3.05, 3.63) is 64.1 Å². The Balaban J connectivity index is 1.58. The molecule has 0 aliphatic carbocycles. The Kier molecular flexibility index (Phi) is 6.42. The molecular formula is C19H20Cl2N2O3S. The van der Waals surface area contributed by atoms with Gasteiger partial charge in [0, 0.05) is 34.7 Å². The molecule has 1 N–H and O–H groups in total. The maximum absolute atomic E-state index is 12.7. The number of carbonyl (C=O) groups excluding carboxylic acids is 1. The largest absolute Gasteiger partial charge is 0.326 e. The molecule has 144 valence electrons. The molecule has 1 aliphatic rings. The Morgan fingerprint density at radius 1 is 1.07 bits per heavy atom. The Hall–Kier alpha value is -1.60. The summed E-state index contributed by atoms with van der Waals surface area (Å²) in [6.07, 6.45) is 0.961. The number of amides is 1. The second kappa shape index (κ2) is 8.61. The number of nitrogens with zero attached hydrogens (tertiary/aromatic N) is 1. The molecule has 1 saturated heterocycles. The molecule has 0 saturated carbocycles. The lowest BCUT2D eigenvalue weighted by atomic mass is 9.97. The fourth-order valence-electron chi connectivity index (χ4n) is 3.11. The molecule has 0 unspecified atom stereocenters. The summed E-state index contributed by atoms with van der Waals surface area (Å²) in [7, 11) is -3.47. The van der Waals surface area contributed by atoms with Gasteiger partial charge in [-0.25, -0.2) is 12.7 Å². The SMILES string of the molecule is O=C(Nc1cccc(Cl)c1)C1CCN(S(=O)(=O)Cc2ccccc2Cl)CC1. The number of hydrogen-bond acceptors (Lipinski definition) is 3. The Labute approximate surface area is 169 Å². The molecule has 1 amide bonds. The number of sulfonamides is 1. The van der Waals surface area contributed by atoms with E-state index < -0.39 is 10.0 Å². The highest BCUT2D eigenvalue weighted by Crippen LogP contribution is 2.25. The number of halogens is 2. The van der Waals surface area contributed by atoms with E-state index in [1.54, 1.807) is 48.5 Å². The van der Waals surface area contributed by atoms with Gasteiger partial charge in [0.05, 0.1) is 5.75 Å². The van der Waals surface area contributed by atoms with Crippen LogP contribution in [0, 0.1) is 5.92 Å². The first kappa shape index (κ1) is 20.1. The lowest BCUT2D eigenvalue weighted by Gasteiger charge is -2.30. The van der Waals surface area contributed by atoms with E-state index in [1.165, 1.54) is 4.31 Å². The van der Waals surface area contributed by atoms with E-state index in [9.17, 15) is 13.2 Å². The molecule has 8 heteroatoms. The normalized spacial score (nSPS) is 16.2. The zero-order chi connectivity index (χ0) is 19.4. The third-order valence-electron chi connectivity index (χ3n) is 4.61. The zero-order valence-electron chi connectivity index (χ0n) is 14.6. The number of benzene rings is 2. The first-order chi connectivity index (χ1) is 12.8. The summed E-state index contributed by atoms with van der Waals surface area (Å²) in [4.78, 5) is 12.4. The van der Waals surface area contributed by atoms with E-state index in [-0.39, 0.29) is 17.6 Å². The minimum atomic E-state index is -3.47. The van der Waals surface area contributed by atoms with Gasteiger partial charge in [0.2, 0.25) is 15.9 Å². The van der Waals surface area contributed by atoms with Crippen molar-refractivity contribution in [1.82, 2.24) is 4.31 Å². The predicted molar refractivity (Wildman–Crippen MR) is 108 cm³/mol. The van der Waals surface area contributed by atoms with Gasteiger partial charge in [-0.15, -0.1) is 0 Å². The molecule has 0 aromatic heterocycles. The molecule has 0 spiro atoms. The van der Waals surface area contributed by atoms with Crippen LogP contribution in [0.15, 0.2) is 48.5 Å². The molecule has 1 heterocycles. The number of anilines is 1. The van der Waals surface area contributed by atoms with E-state index in [2.05, 4.69) is 5.32 Å². The number of nitrogens with one attached hydrogen (secondary N) is 1. The van der Waals surface area contributed by atoms with Gasteiger partial charge < -0.3 is 5.32 Å². The molecule has 2 aromatic rings. The highest BCUT2D eigenvalue weighted by atomic mass is 35.5. The van der Waals surface area contributed by atoms with Crippen molar-refractivity contribution in [3.63, 3.8) is 0 Å². The number of piperidine rings is 1. The average Bonchev–Trinajstić information content (AvgIpc) is 2.64. The van der Waals surface area contributed by atoms with Crippen molar-refractivity contribution in [2.45, 2.75) is 18.6 Å².